The van der Waals surface area contributed by atoms with E-state index in [4.69, 9.17) is 5.26 Å². The predicted octanol–water partition coefficient (Wildman–Crippen LogP) is 3.40. The first-order valence-corrected chi connectivity index (χ1v) is 7.83. The molecule has 2 unspecified atom stereocenters. The number of hydrogen-bond acceptors (Lipinski definition) is 2. The van der Waals surface area contributed by atoms with Gasteiger partial charge in [0.15, 0.2) is 0 Å². The van der Waals surface area contributed by atoms with Gasteiger partial charge in [0.05, 0.1) is 6.07 Å². The number of rotatable bonds is 2. The Morgan fingerprint density at radius 2 is 1.70 bits per heavy atom. The van der Waals surface area contributed by atoms with Gasteiger partial charge in [0.1, 0.15) is 5.41 Å². The molecule has 0 saturated heterocycles. The molecule has 0 heterocycles. The van der Waals surface area contributed by atoms with Gasteiger partial charge in [-0.1, -0.05) is 13.8 Å². The molecule has 3 heteroatoms. The van der Waals surface area contributed by atoms with Gasteiger partial charge in [0, 0.05) is 5.54 Å². The Labute approximate surface area is 122 Å². The molecule has 20 heavy (non-hydrogen) atoms. The molecular formula is C17H26N2O. The van der Waals surface area contributed by atoms with Gasteiger partial charge >= 0.3 is 0 Å². The SMILES string of the molecule is CC12CC3CC(C)(C1)CC(NC(=O)C(C)(C)C#N)(C3)C2. The zero-order valence-corrected chi connectivity index (χ0v) is 13.2. The Hall–Kier alpha value is -1.04. The van der Waals surface area contributed by atoms with Crippen molar-refractivity contribution in [2.75, 3.05) is 0 Å². The van der Waals surface area contributed by atoms with Gasteiger partial charge in [0.25, 0.3) is 0 Å². The Kier molecular flexibility index (Phi) is 2.63. The van der Waals surface area contributed by atoms with E-state index in [1.54, 1.807) is 13.8 Å². The van der Waals surface area contributed by atoms with E-state index in [9.17, 15) is 4.79 Å². The maximum atomic E-state index is 12.5. The number of carbonyl (C=O) groups is 1. The van der Waals surface area contributed by atoms with Gasteiger partial charge in [-0.05, 0) is 69.1 Å². The Bertz CT molecular complexity index is 484. The number of carbonyl (C=O) groups excluding carboxylic acids is 1. The maximum Gasteiger partial charge on any atom is 0.240 e. The first-order chi connectivity index (χ1) is 9.10. The molecule has 0 aromatic rings. The monoisotopic (exact) mass is 274 g/mol. The van der Waals surface area contributed by atoms with Crippen LogP contribution in [0.1, 0.15) is 66.2 Å². The number of nitriles is 1. The molecule has 1 N–H and O–H groups in total. The highest BCUT2D eigenvalue weighted by Gasteiger charge is 2.60. The fraction of sp³-hybridized carbons (Fsp3) is 0.882. The molecule has 1 amide bonds. The van der Waals surface area contributed by atoms with Gasteiger partial charge in [-0.3, -0.25) is 4.79 Å². The summed E-state index contributed by atoms with van der Waals surface area (Å²) in [5.74, 6) is 0.667. The van der Waals surface area contributed by atoms with Crippen molar-refractivity contribution in [2.24, 2.45) is 22.2 Å². The molecule has 110 valence electrons. The molecule has 4 aliphatic carbocycles. The van der Waals surface area contributed by atoms with Crippen LogP contribution in [0.3, 0.4) is 0 Å². The standard InChI is InChI=1S/C17H26N2O/c1-14(2,11-18)13(20)19-17-7-12-5-15(3,9-17)8-16(4,6-12)10-17/h12H,5-10H2,1-4H3,(H,19,20). The lowest BCUT2D eigenvalue weighted by Crippen LogP contribution is -2.66. The normalized spacial score (nSPS) is 46.0. The zero-order chi connectivity index (χ0) is 14.8. The van der Waals surface area contributed by atoms with E-state index in [1.807, 2.05) is 0 Å². The Morgan fingerprint density at radius 1 is 1.15 bits per heavy atom. The molecule has 4 saturated carbocycles. The van der Waals surface area contributed by atoms with Crippen molar-refractivity contribution in [1.29, 1.82) is 5.26 Å². The summed E-state index contributed by atoms with van der Waals surface area (Å²) in [7, 11) is 0. The van der Waals surface area contributed by atoms with Crippen LogP contribution in [0.25, 0.3) is 0 Å². The Morgan fingerprint density at radius 3 is 2.15 bits per heavy atom. The summed E-state index contributed by atoms with van der Waals surface area (Å²) in [6.07, 6.45) is 7.25. The van der Waals surface area contributed by atoms with Crippen LogP contribution in [0.2, 0.25) is 0 Å². The minimum absolute atomic E-state index is 0.0475. The summed E-state index contributed by atoms with van der Waals surface area (Å²) in [5, 5.41) is 12.5. The summed E-state index contributed by atoms with van der Waals surface area (Å²) in [6.45, 7) is 8.22. The number of amides is 1. The smallest absolute Gasteiger partial charge is 0.240 e. The highest BCUT2D eigenvalue weighted by Crippen LogP contribution is 2.66. The van der Waals surface area contributed by atoms with Crippen LogP contribution < -0.4 is 5.32 Å². The van der Waals surface area contributed by atoms with E-state index >= 15 is 0 Å². The number of nitrogens with zero attached hydrogens (tertiary/aromatic N) is 1. The van der Waals surface area contributed by atoms with Gasteiger partial charge in [-0.2, -0.15) is 5.26 Å². The summed E-state index contributed by atoms with van der Waals surface area (Å²) in [4.78, 5) is 12.5. The molecule has 4 rings (SSSR count). The second kappa shape index (κ2) is 3.78. The van der Waals surface area contributed by atoms with Crippen molar-refractivity contribution in [3.8, 4) is 6.07 Å². The number of nitrogens with one attached hydrogen (secondary N) is 1. The van der Waals surface area contributed by atoms with Crippen LogP contribution in [-0.4, -0.2) is 11.4 Å². The average Bonchev–Trinajstić information content (AvgIpc) is 2.22. The molecule has 2 atom stereocenters. The van der Waals surface area contributed by atoms with E-state index < -0.39 is 5.41 Å². The molecule has 0 aromatic heterocycles. The second-order valence-electron chi connectivity index (χ2n) is 9.10. The largest absolute Gasteiger partial charge is 0.349 e. The Balaban J connectivity index is 1.87. The summed E-state index contributed by atoms with van der Waals surface area (Å²) >= 11 is 0. The summed E-state index contributed by atoms with van der Waals surface area (Å²) < 4.78 is 0. The highest BCUT2D eigenvalue weighted by atomic mass is 16.2. The maximum absolute atomic E-state index is 12.5. The minimum Gasteiger partial charge on any atom is -0.349 e. The van der Waals surface area contributed by atoms with Crippen LogP contribution in [0, 0.1) is 33.5 Å². The molecule has 0 spiro atoms. The third kappa shape index (κ3) is 2.05. The van der Waals surface area contributed by atoms with Crippen LogP contribution in [-0.2, 0) is 4.79 Å². The van der Waals surface area contributed by atoms with Crippen LogP contribution in [0.5, 0.6) is 0 Å². The van der Waals surface area contributed by atoms with Gasteiger partial charge in [0.2, 0.25) is 5.91 Å². The fourth-order valence-corrected chi connectivity index (χ4v) is 6.03. The quantitative estimate of drug-likeness (QED) is 0.839. The summed E-state index contributed by atoms with van der Waals surface area (Å²) in [6, 6.07) is 2.13. The van der Waals surface area contributed by atoms with Crippen molar-refractivity contribution in [3.05, 3.63) is 0 Å². The van der Waals surface area contributed by atoms with Crippen molar-refractivity contribution in [3.63, 3.8) is 0 Å². The third-order valence-electron chi connectivity index (χ3n) is 5.85. The lowest BCUT2D eigenvalue weighted by Gasteiger charge is -2.65. The molecule has 0 aliphatic heterocycles. The second-order valence-corrected chi connectivity index (χ2v) is 9.10. The van der Waals surface area contributed by atoms with E-state index in [1.165, 1.54) is 19.3 Å². The molecule has 3 nitrogen and oxygen atoms in total. The number of hydrogen-bond donors (Lipinski definition) is 1. The fourth-order valence-electron chi connectivity index (χ4n) is 6.03. The highest BCUT2D eigenvalue weighted by molar-refractivity contribution is 5.85. The van der Waals surface area contributed by atoms with Gasteiger partial charge < -0.3 is 5.32 Å². The summed E-state index contributed by atoms with van der Waals surface area (Å²) in [5.41, 5.74) is -0.199. The van der Waals surface area contributed by atoms with Crippen molar-refractivity contribution >= 4 is 5.91 Å². The van der Waals surface area contributed by atoms with E-state index in [0.717, 1.165) is 25.2 Å². The molecule has 0 aromatic carbocycles. The molecule has 4 fully saturated rings. The minimum atomic E-state index is -0.925. The van der Waals surface area contributed by atoms with E-state index in [2.05, 4.69) is 25.2 Å². The first kappa shape index (κ1) is 13.9. The lowest BCUT2D eigenvalue weighted by atomic mass is 9.42. The van der Waals surface area contributed by atoms with E-state index in [-0.39, 0.29) is 11.4 Å². The zero-order valence-electron chi connectivity index (χ0n) is 13.2. The van der Waals surface area contributed by atoms with Crippen molar-refractivity contribution < 1.29 is 4.79 Å². The lowest BCUT2D eigenvalue weighted by molar-refractivity contribution is -0.144. The van der Waals surface area contributed by atoms with Crippen LogP contribution in [0.15, 0.2) is 0 Å². The molecular weight excluding hydrogens is 248 g/mol. The molecule has 4 aliphatic rings. The first-order valence-electron chi connectivity index (χ1n) is 7.83. The molecule has 4 bridgehead atoms. The van der Waals surface area contributed by atoms with Crippen molar-refractivity contribution in [2.45, 2.75) is 71.8 Å². The third-order valence-corrected chi connectivity index (χ3v) is 5.85. The predicted molar refractivity (Wildman–Crippen MR) is 77.7 cm³/mol. The van der Waals surface area contributed by atoms with Crippen LogP contribution in [0.4, 0.5) is 0 Å². The topological polar surface area (TPSA) is 52.9 Å². The van der Waals surface area contributed by atoms with Gasteiger partial charge in [-0.25, -0.2) is 0 Å². The molecule has 0 radical (unpaired) electrons. The van der Waals surface area contributed by atoms with Gasteiger partial charge in [-0.15, -0.1) is 0 Å². The van der Waals surface area contributed by atoms with Crippen molar-refractivity contribution in [1.82, 2.24) is 5.32 Å². The average molecular weight is 274 g/mol. The van der Waals surface area contributed by atoms with Crippen LogP contribution >= 0.6 is 0 Å². The van der Waals surface area contributed by atoms with E-state index in [0.29, 0.717) is 10.8 Å².